The van der Waals surface area contributed by atoms with Gasteiger partial charge in [0, 0.05) is 37.9 Å². The number of nitro groups is 2. The molecule has 4 aromatic heterocycles. The van der Waals surface area contributed by atoms with Gasteiger partial charge >= 0.3 is 11.4 Å². The maximum Gasteiger partial charge on any atom is 0.333 e. The van der Waals surface area contributed by atoms with Crippen LogP contribution in [0.2, 0.25) is 0 Å². The van der Waals surface area contributed by atoms with Gasteiger partial charge in [-0.15, -0.1) is 0 Å². The molecule has 18 nitrogen and oxygen atoms in total. The SMILES string of the molecule is C.Cc1nc(N2CCOC[C@@H]2C)nc(-n2ccnc2)c1[N+](=O)[O-].Cc1nc(N2CCOC[C@@H]2C)nc(-n2ccnc2)c1[N+](=O)[O-]. The van der Waals surface area contributed by atoms with Gasteiger partial charge in [0.05, 0.1) is 48.4 Å². The Balaban J connectivity index is 0.000000200. The van der Waals surface area contributed by atoms with Gasteiger partial charge < -0.3 is 19.3 Å². The molecule has 2 atom stereocenters. The molecule has 6 rings (SSSR count). The highest BCUT2D eigenvalue weighted by molar-refractivity contribution is 5.55. The molecule has 0 unspecified atom stereocenters. The molecule has 0 N–H and O–H groups in total. The monoisotopic (exact) mass is 624 g/mol. The zero-order valence-corrected chi connectivity index (χ0v) is 24.7. The fourth-order valence-corrected chi connectivity index (χ4v) is 4.94. The second kappa shape index (κ2) is 14.1. The van der Waals surface area contributed by atoms with Gasteiger partial charge in [-0.3, -0.25) is 29.4 Å². The van der Waals surface area contributed by atoms with Crippen LogP contribution in [0.5, 0.6) is 0 Å². The summed E-state index contributed by atoms with van der Waals surface area (Å²) in [5.74, 6) is 1.40. The lowest BCUT2D eigenvalue weighted by Gasteiger charge is -2.33. The molecule has 4 aromatic rings. The summed E-state index contributed by atoms with van der Waals surface area (Å²) in [6.45, 7) is 10.9. The Morgan fingerprint density at radius 2 is 1.13 bits per heavy atom. The minimum atomic E-state index is -0.461. The number of rotatable bonds is 6. The first kappa shape index (κ1) is 32.8. The van der Waals surface area contributed by atoms with E-state index >= 15 is 0 Å². The lowest BCUT2D eigenvalue weighted by molar-refractivity contribution is -0.385. The maximum absolute atomic E-state index is 11.3. The van der Waals surface area contributed by atoms with Crippen LogP contribution < -0.4 is 9.80 Å². The van der Waals surface area contributed by atoms with Crippen LogP contribution in [0.3, 0.4) is 0 Å². The number of nitrogens with zero attached hydrogens (tertiary/aromatic N) is 12. The molecule has 0 radical (unpaired) electrons. The van der Waals surface area contributed by atoms with Crippen LogP contribution in [0.25, 0.3) is 11.6 Å². The molecule has 0 amide bonds. The van der Waals surface area contributed by atoms with E-state index in [2.05, 4.69) is 29.9 Å². The third-order valence-corrected chi connectivity index (χ3v) is 7.17. The summed E-state index contributed by atoms with van der Waals surface area (Å²) in [7, 11) is 0. The van der Waals surface area contributed by atoms with Crippen molar-refractivity contribution in [3.05, 3.63) is 69.1 Å². The van der Waals surface area contributed by atoms with Crippen molar-refractivity contribution in [1.82, 2.24) is 39.0 Å². The van der Waals surface area contributed by atoms with Crippen molar-refractivity contribution in [2.24, 2.45) is 0 Å². The molecule has 6 heterocycles. The van der Waals surface area contributed by atoms with Crippen molar-refractivity contribution in [1.29, 1.82) is 0 Å². The number of morpholine rings is 2. The molecule has 18 heteroatoms. The summed E-state index contributed by atoms with van der Waals surface area (Å²) in [6.07, 6.45) is 9.33. The molecule has 0 spiro atoms. The van der Waals surface area contributed by atoms with Crippen LogP contribution in [0, 0.1) is 34.1 Å². The predicted octanol–water partition coefficient (Wildman–Crippen LogP) is 2.84. The molecular weight excluding hydrogens is 588 g/mol. The van der Waals surface area contributed by atoms with E-state index in [1.807, 2.05) is 23.6 Å². The number of ether oxygens (including phenoxy) is 2. The third-order valence-electron chi connectivity index (χ3n) is 7.17. The molecular formula is C27H36N12O6. The fourth-order valence-electron chi connectivity index (χ4n) is 4.94. The summed E-state index contributed by atoms with van der Waals surface area (Å²) in [5, 5.41) is 22.7. The first-order chi connectivity index (χ1) is 21.2. The summed E-state index contributed by atoms with van der Waals surface area (Å²) < 4.78 is 13.9. The number of aryl methyl sites for hydroxylation is 2. The van der Waals surface area contributed by atoms with Gasteiger partial charge in [-0.05, 0) is 27.7 Å². The molecule has 2 saturated heterocycles. The van der Waals surface area contributed by atoms with E-state index in [9.17, 15) is 20.2 Å². The van der Waals surface area contributed by atoms with Gasteiger partial charge in [-0.1, -0.05) is 7.43 Å². The van der Waals surface area contributed by atoms with Crippen LogP contribution >= 0.6 is 0 Å². The largest absolute Gasteiger partial charge is 0.377 e. The van der Waals surface area contributed by atoms with Crippen LogP contribution in [-0.2, 0) is 9.47 Å². The van der Waals surface area contributed by atoms with Crippen molar-refractivity contribution in [3.63, 3.8) is 0 Å². The van der Waals surface area contributed by atoms with Gasteiger partial charge in [-0.2, -0.15) is 9.97 Å². The van der Waals surface area contributed by atoms with Gasteiger partial charge in [0.1, 0.15) is 24.0 Å². The zero-order valence-electron chi connectivity index (χ0n) is 24.7. The molecule has 2 aliphatic heterocycles. The second-order valence-corrected chi connectivity index (χ2v) is 10.3. The Bertz CT molecular complexity index is 1500. The van der Waals surface area contributed by atoms with E-state index in [0.717, 1.165) is 0 Å². The third kappa shape index (κ3) is 7.01. The average molecular weight is 625 g/mol. The van der Waals surface area contributed by atoms with E-state index in [-0.39, 0.29) is 42.5 Å². The van der Waals surface area contributed by atoms with Crippen molar-refractivity contribution >= 4 is 23.3 Å². The van der Waals surface area contributed by atoms with Crippen molar-refractivity contribution in [2.45, 2.75) is 47.2 Å². The summed E-state index contributed by atoms with van der Waals surface area (Å²) in [5.41, 5.74) is 0.445. The lowest BCUT2D eigenvalue weighted by atomic mass is 10.2. The van der Waals surface area contributed by atoms with E-state index in [4.69, 9.17) is 9.47 Å². The maximum atomic E-state index is 11.3. The molecule has 2 aliphatic rings. The van der Waals surface area contributed by atoms with Gasteiger partial charge in [0.2, 0.25) is 23.5 Å². The average Bonchev–Trinajstić information content (AvgIpc) is 3.72. The molecule has 2 fully saturated rings. The quantitative estimate of drug-likeness (QED) is 0.224. The van der Waals surface area contributed by atoms with Crippen molar-refractivity contribution in [3.8, 4) is 11.6 Å². The van der Waals surface area contributed by atoms with Crippen LogP contribution in [0.1, 0.15) is 32.7 Å². The Morgan fingerprint density at radius 1 is 0.733 bits per heavy atom. The van der Waals surface area contributed by atoms with E-state index in [1.165, 1.54) is 21.8 Å². The van der Waals surface area contributed by atoms with Gasteiger partial charge in [0.25, 0.3) is 0 Å². The highest BCUT2D eigenvalue weighted by atomic mass is 16.6. The van der Waals surface area contributed by atoms with E-state index in [0.29, 0.717) is 62.8 Å². The van der Waals surface area contributed by atoms with Crippen LogP contribution in [0.15, 0.2) is 37.4 Å². The molecule has 45 heavy (non-hydrogen) atoms. The number of hydrogen-bond donors (Lipinski definition) is 0. The molecule has 0 aromatic carbocycles. The number of aromatic nitrogens is 8. The highest BCUT2D eigenvalue weighted by Crippen LogP contribution is 2.29. The minimum absolute atomic E-state index is 0. The summed E-state index contributed by atoms with van der Waals surface area (Å²) in [6, 6.07) is 0.232. The fraction of sp³-hybridized carbons (Fsp3) is 0.481. The van der Waals surface area contributed by atoms with Gasteiger partial charge in [-0.25, -0.2) is 19.9 Å². The Morgan fingerprint density at radius 3 is 1.44 bits per heavy atom. The number of hydrogen-bond acceptors (Lipinski definition) is 14. The summed E-state index contributed by atoms with van der Waals surface area (Å²) in [4.78, 5) is 51.1. The normalized spacial score (nSPS) is 18.0. The number of anilines is 2. The minimum Gasteiger partial charge on any atom is -0.377 e. The zero-order chi connectivity index (χ0) is 31.4. The van der Waals surface area contributed by atoms with Gasteiger partial charge in [0.15, 0.2) is 0 Å². The Kier molecular flexibility index (Phi) is 10.3. The van der Waals surface area contributed by atoms with E-state index < -0.39 is 9.85 Å². The van der Waals surface area contributed by atoms with E-state index in [1.54, 1.807) is 38.6 Å². The predicted molar refractivity (Wildman–Crippen MR) is 163 cm³/mol. The Hall–Kier alpha value is -5.10. The van der Waals surface area contributed by atoms with Crippen LogP contribution in [0.4, 0.5) is 23.3 Å². The summed E-state index contributed by atoms with van der Waals surface area (Å²) >= 11 is 0. The molecule has 240 valence electrons. The molecule has 0 saturated carbocycles. The molecule has 0 aliphatic carbocycles. The highest BCUT2D eigenvalue weighted by Gasteiger charge is 2.29. The first-order valence-corrected chi connectivity index (χ1v) is 13.9. The smallest absolute Gasteiger partial charge is 0.333 e. The van der Waals surface area contributed by atoms with Crippen molar-refractivity contribution in [2.75, 3.05) is 49.3 Å². The Labute approximate surface area is 259 Å². The lowest BCUT2D eigenvalue weighted by Crippen LogP contribution is -2.44. The molecule has 0 bridgehead atoms. The standard InChI is InChI=1S/2C13H16N6O3.CH4/c2*1-9-7-22-6-5-18(9)13-15-10(2)11(19(20)21)12(16-13)17-4-3-14-8-17;/h2*3-4,8-9H,5-7H2,1-2H3;1H4/t2*9-;/m00./s1. The number of imidazole rings is 2. The topological polar surface area (TPSA) is 198 Å². The first-order valence-electron chi connectivity index (χ1n) is 13.9. The second-order valence-electron chi connectivity index (χ2n) is 10.3. The van der Waals surface area contributed by atoms with Crippen molar-refractivity contribution < 1.29 is 19.3 Å². The van der Waals surface area contributed by atoms with Crippen LogP contribution in [-0.4, -0.2) is 100 Å².